The Bertz CT molecular complexity index is 85.9. The van der Waals surface area contributed by atoms with E-state index in [-0.39, 0.29) is 0 Å². The van der Waals surface area contributed by atoms with E-state index >= 15 is 0 Å². The Morgan fingerprint density at radius 3 is 2.38 bits per heavy atom. The van der Waals surface area contributed by atoms with Crippen LogP contribution in [0, 0.1) is 0 Å². The summed E-state index contributed by atoms with van der Waals surface area (Å²) in [7, 11) is 0. The maximum Gasteiger partial charge on any atom is 0.0891 e. The molecule has 2 unspecified atom stereocenters. The van der Waals surface area contributed by atoms with Gasteiger partial charge in [-0.3, -0.25) is 0 Å². The van der Waals surface area contributed by atoms with Crippen LogP contribution in [0.2, 0.25) is 0 Å². The van der Waals surface area contributed by atoms with E-state index in [1.165, 1.54) is 25.9 Å². The first-order valence-corrected chi connectivity index (χ1v) is 3.46. The molecule has 2 aliphatic rings. The molecule has 2 saturated heterocycles. The predicted octanol–water partition coefficient (Wildman–Crippen LogP) is 0.659. The van der Waals surface area contributed by atoms with Crippen LogP contribution in [-0.2, 0) is 0 Å². The molecule has 2 heterocycles. The number of hydrogen-bond donors (Lipinski definition) is 0. The van der Waals surface area contributed by atoms with E-state index in [1.54, 1.807) is 0 Å². The third-order valence-electron chi connectivity index (χ3n) is 2.10. The van der Waals surface area contributed by atoms with Crippen LogP contribution in [0.15, 0.2) is 0 Å². The molecule has 2 heteroatoms. The minimum atomic E-state index is 0.837. The summed E-state index contributed by atoms with van der Waals surface area (Å²) in [5.41, 5.74) is 0. The fourth-order valence-corrected chi connectivity index (χ4v) is 1.66. The van der Waals surface area contributed by atoms with E-state index in [9.17, 15) is 0 Å². The van der Waals surface area contributed by atoms with Crippen molar-refractivity contribution in [3.63, 3.8) is 0 Å². The zero-order valence-electron chi connectivity index (χ0n) is 5.30. The van der Waals surface area contributed by atoms with Crippen molar-refractivity contribution in [1.82, 2.24) is 10.0 Å². The van der Waals surface area contributed by atoms with Crippen molar-refractivity contribution >= 4 is 0 Å². The molecule has 2 nitrogen and oxygen atoms in total. The molecule has 0 aliphatic carbocycles. The molecule has 2 fully saturated rings. The molecule has 0 aromatic rings. The number of hydrazine groups is 1. The molecule has 0 amide bonds. The van der Waals surface area contributed by atoms with Gasteiger partial charge in [0.2, 0.25) is 0 Å². The van der Waals surface area contributed by atoms with E-state index < -0.39 is 0 Å². The molecule has 0 bridgehead atoms. The molecular formula is C6H12N2. The van der Waals surface area contributed by atoms with Crippen LogP contribution in [0.25, 0.3) is 0 Å². The van der Waals surface area contributed by atoms with Gasteiger partial charge in [-0.1, -0.05) is 6.92 Å². The summed E-state index contributed by atoms with van der Waals surface area (Å²) in [4.78, 5) is 0. The molecule has 0 aromatic heterocycles. The first kappa shape index (κ1) is 4.77. The summed E-state index contributed by atoms with van der Waals surface area (Å²) in [6.45, 7) is 4.89. The molecule has 0 radical (unpaired) electrons. The quantitative estimate of drug-likeness (QED) is 0.459. The second kappa shape index (κ2) is 1.45. The fourth-order valence-electron chi connectivity index (χ4n) is 1.66. The van der Waals surface area contributed by atoms with Gasteiger partial charge in [0.15, 0.2) is 0 Å². The molecule has 2 aliphatic heterocycles. The summed E-state index contributed by atoms with van der Waals surface area (Å²) in [5, 5.41) is 4.92. The predicted molar refractivity (Wildman–Crippen MR) is 32.1 cm³/mol. The van der Waals surface area contributed by atoms with Crippen molar-refractivity contribution in [3.8, 4) is 0 Å². The highest BCUT2D eigenvalue weighted by Gasteiger charge is 2.46. The summed E-state index contributed by atoms with van der Waals surface area (Å²) in [5.74, 6) is 0. The zero-order chi connectivity index (χ0) is 5.56. The van der Waals surface area contributed by atoms with Gasteiger partial charge in [0.05, 0.1) is 6.17 Å². The number of fused-ring (bicyclic) bond motifs is 1. The molecule has 8 heavy (non-hydrogen) atoms. The fraction of sp³-hybridized carbons (Fsp3) is 1.00. The van der Waals surface area contributed by atoms with Gasteiger partial charge in [0.25, 0.3) is 0 Å². The lowest BCUT2D eigenvalue weighted by molar-refractivity contribution is 0.412. The third kappa shape index (κ3) is 0.446. The summed E-state index contributed by atoms with van der Waals surface area (Å²) in [6.07, 6.45) is 3.53. The smallest absolute Gasteiger partial charge is 0.0891 e. The summed E-state index contributed by atoms with van der Waals surface area (Å²) < 4.78 is 0. The van der Waals surface area contributed by atoms with Gasteiger partial charge in [0.1, 0.15) is 0 Å². The molecule has 46 valence electrons. The Morgan fingerprint density at radius 1 is 1.38 bits per heavy atom. The summed E-state index contributed by atoms with van der Waals surface area (Å²) >= 11 is 0. The lowest BCUT2D eigenvalue weighted by Gasteiger charge is -1.92. The normalized spacial score (nSPS) is 51.4. The second-order valence-corrected chi connectivity index (χ2v) is 2.57. The number of nitrogens with zero attached hydrogens (tertiary/aromatic N) is 2. The largest absolute Gasteiger partial charge is 0.222 e. The SMILES string of the molecule is CCC1N2CCCN12. The van der Waals surface area contributed by atoms with E-state index in [2.05, 4.69) is 16.9 Å². The van der Waals surface area contributed by atoms with E-state index in [4.69, 9.17) is 0 Å². The lowest BCUT2D eigenvalue weighted by Crippen LogP contribution is -2.03. The highest BCUT2D eigenvalue weighted by atomic mass is 15.9. The average molecular weight is 112 g/mol. The Morgan fingerprint density at radius 2 is 2.00 bits per heavy atom. The average Bonchev–Trinajstić information content (AvgIpc) is 2.22. The highest BCUT2D eigenvalue weighted by Crippen LogP contribution is 2.33. The molecule has 0 spiro atoms. The van der Waals surface area contributed by atoms with Gasteiger partial charge in [-0.25, -0.2) is 10.0 Å². The van der Waals surface area contributed by atoms with Crippen molar-refractivity contribution in [2.75, 3.05) is 13.1 Å². The van der Waals surface area contributed by atoms with Crippen molar-refractivity contribution < 1.29 is 0 Å². The molecule has 0 N–H and O–H groups in total. The van der Waals surface area contributed by atoms with Gasteiger partial charge < -0.3 is 0 Å². The maximum atomic E-state index is 2.46. The molecule has 0 aromatic carbocycles. The van der Waals surface area contributed by atoms with Gasteiger partial charge in [-0.05, 0) is 12.8 Å². The molecule has 0 saturated carbocycles. The monoisotopic (exact) mass is 112 g/mol. The first-order chi connectivity index (χ1) is 3.93. The minimum Gasteiger partial charge on any atom is -0.222 e. The van der Waals surface area contributed by atoms with E-state index in [0.717, 1.165) is 6.17 Å². The standard InChI is InChI=1S/C6H12N2/c1-2-6-7-4-3-5-8(6)7/h6H,2-5H2,1H3. The first-order valence-electron chi connectivity index (χ1n) is 3.46. The maximum absolute atomic E-state index is 2.46. The molecule has 2 atom stereocenters. The van der Waals surface area contributed by atoms with Crippen LogP contribution >= 0.6 is 0 Å². The second-order valence-electron chi connectivity index (χ2n) is 2.57. The van der Waals surface area contributed by atoms with Gasteiger partial charge >= 0.3 is 0 Å². The zero-order valence-corrected chi connectivity index (χ0v) is 5.30. The van der Waals surface area contributed by atoms with E-state index in [1.807, 2.05) is 0 Å². The van der Waals surface area contributed by atoms with Crippen LogP contribution < -0.4 is 0 Å². The van der Waals surface area contributed by atoms with Gasteiger partial charge in [-0.15, -0.1) is 0 Å². The minimum absolute atomic E-state index is 0.837. The van der Waals surface area contributed by atoms with Crippen LogP contribution in [0.4, 0.5) is 0 Å². The van der Waals surface area contributed by atoms with Crippen molar-refractivity contribution in [3.05, 3.63) is 0 Å². The summed E-state index contributed by atoms with van der Waals surface area (Å²) in [6, 6.07) is 0. The number of rotatable bonds is 1. The Hall–Kier alpha value is -0.0800. The number of hydrogen-bond acceptors (Lipinski definition) is 2. The topological polar surface area (TPSA) is 6.02 Å². The Balaban J connectivity index is 1.94. The van der Waals surface area contributed by atoms with Gasteiger partial charge in [-0.2, -0.15) is 0 Å². The van der Waals surface area contributed by atoms with Crippen LogP contribution in [0.3, 0.4) is 0 Å². The Kier molecular flexibility index (Phi) is 0.866. The van der Waals surface area contributed by atoms with Crippen LogP contribution in [0.1, 0.15) is 19.8 Å². The Labute approximate surface area is 50.0 Å². The van der Waals surface area contributed by atoms with E-state index in [0.29, 0.717) is 0 Å². The van der Waals surface area contributed by atoms with Crippen molar-refractivity contribution in [1.29, 1.82) is 0 Å². The highest BCUT2D eigenvalue weighted by molar-refractivity contribution is 4.87. The van der Waals surface area contributed by atoms with Crippen molar-refractivity contribution in [2.24, 2.45) is 0 Å². The van der Waals surface area contributed by atoms with Crippen molar-refractivity contribution in [2.45, 2.75) is 25.9 Å². The molecular weight excluding hydrogens is 100 g/mol. The third-order valence-corrected chi connectivity index (χ3v) is 2.10. The van der Waals surface area contributed by atoms with Gasteiger partial charge in [0, 0.05) is 13.1 Å². The van der Waals surface area contributed by atoms with Crippen LogP contribution in [0.5, 0.6) is 0 Å². The lowest BCUT2D eigenvalue weighted by atomic mass is 10.3. The molecule has 2 rings (SSSR count). The van der Waals surface area contributed by atoms with Crippen LogP contribution in [-0.4, -0.2) is 29.3 Å².